The van der Waals surface area contributed by atoms with Gasteiger partial charge in [-0.05, 0) is 18.6 Å². The molecule has 1 aliphatic heterocycles. The molecule has 2 heterocycles. The quantitative estimate of drug-likeness (QED) is 0.838. The smallest absolute Gasteiger partial charge is 0.244 e. The summed E-state index contributed by atoms with van der Waals surface area (Å²) in [6.07, 6.45) is 0.157. The third-order valence-corrected chi connectivity index (χ3v) is 2.93. The molecule has 0 unspecified atom stereocenters. The number of aromatic nitrogens is 2. The van der Waals surface area contributed by atoms with E-state index < -0.39 is 0 Å². The van der Waals surface area contributed by atoms with Crippen molar-refractivity contribution in [2.45, 2.75) is 18.6 Å². The lowest BCUT2D eigenvalue weighted by atomic mass is 10.2. The van der Waals surface area contributed by atoms with Crippen LogP contribution in [0.5, 0.6) is 0 Å². The lowest BCUT2D eigenvalue weighted by molar-refractivity contribution is 0.191. The van der Waals surface area contributed by atoms with Crippen molar-refractivity contribution in [2.75, 3.05) is 6.54 Å². The summed E-state index contributed by atoms with van der Waals surface area (Å²) in [6, 6.07) is 5.90. The summed E-state index contributed by atoms with van der Waals surface area (Å²) in [5.41, 5.74) is 0.573. The number of benzene rings is 1. The van der Waals surface area contributed by atoms with Crippen LogP contribution >= 0.6 is 0 Å². The lowest BCUT2D eigenvalue weighted by Gasteiger charge is -2.01. The molecule has 18 heavy (non-hydrogen) atoms. The van der Waals surface area contributed by atoms with E-state index in [2.05, 4.69) is 15.5 Å². The Kier molecular flexibility index (Phi) is 2.81. The van der Waals surface area contributed by atoms with Crippen LogP contribution in [-0.2, 0) is 0 Å². The monoisotopic (exact) mass is 249 g/mol. The van der Waals surface area contributed by atoms with Gasteiger partial charge in [-0.15, -0.1) is 0 Å². The standard InChI is InChI=1S/C12H12FN3O2/c13-8-3-1-2-7(4-8)11-15-12(18-16-11)10-5-9(17)6-14-10/h1-4,9-10,14,17H,5-6H2/t9-,10-/m1/s1. The van der Waals surface area contributed by atoms with E-state index in [1.54, 1.807) is 12.1 Å². The predicted molar refractivity (Wildman–Crippen MR) is 61.1 cm³/mol. The summed E-state index contributed by atoms with van der Waals surface area (Å²) in [4.78, 5) is 4.22. The van der Waals surface area contributed by atoms with Crippen LogP contribution in [0.3, 0.4) is 0 Å². The van der Waals surface area contributed by atoms with Crippen LogP contribution in [0.4, 0.5) is 4.39 Å². The molecule has 1 fully saturated rings. The van der Waals surface area contributed by atoms with Crippen molar-refractivity contribution in [1.29, 1.82) is 0 Å². The van der Waals surface area contributed by atoms with Crippen molar-refractivity contribution in [3.63, 3.8) is 0 Å². The first-order chi connectivity index (χ1) is 8.72. The number of rotatable bonds is 2. The van der Waals surface area contributed by atoms with Gasteiger partial charge >= 0.3 is 0 Å². The topological polar surface area (TPSA) is 71.2 Å². The Balaban J connectivity index is 1.85. The molecule has 0 spiro atoms. The van der Waals surface area contributed by atoms with Gasteiger partial charge in [0.2, 0.25) is 11.7 Å². The highest BCUT2D eigenvalue weighted by Crippen LogP contribution is 2.24. The molecule has 2 aromatic rings. The number of halogens is 1. The first kappa shape index (κ1) is 11.3. The minimum atomic E-state index is -0.389. The van der Waals surface area contributed by atoms with E-state index in [1.807, 2.05) is 0 Å². The maximum Gasteiger partial charge on any atom is 0.244 e. The van der Waals surface area contributed by atoms with Crippen molar-refractivity contribution in [2.24, 2.45) is 0 Å². The van der Waals surface area contributed by atoms with Gasteiger partial charge in [0, 0.05) is 12.1 Å². The van der Waals surface area contributed by atoms with Crippen LogP contribution in [0.15, 0.2) is 28.8 Å². The van der Waals surface area contributed by atoms with Gasteiger partial charge in [0.15, 0.2) is 0 Å². The highest BCUT2D eigenvalue weighted by Gasteiger charge is 2.28. The second kappa shape index (κ2) is 4.47. The number of β-amino-alcohol motifs (C(OH)–C–C–N with tert-alkyl or cyclic N) is 1. The van der Waals surface area contributed by atoms with Gasteiger partial charge in [-0.25, -0.2) is 4.39 Å². The zero-order valence-corrected chi connectivity index (χ0v) is 9.51. The van der Waals surface area contributed by atoms with Gasteiger partial charge in [-0.3, -0.25) is 0 Å². The molecular formula is C12H12FN3O2. The fourth-order valence-corrected chi connectivity index (χ4v) is 2.03. The molecule has 1 aromatic heterocycles. The number of nitrogens with one attached hydrogen (secondary N) is 1. The second-order valence-corrected chi connectivity index (χ2v) is 4.32. The van der Waals surface area contributed by atoms with E-state index in [0.29, 0.717) is 30.2 Å². The van der Waals surface area contributed by atoms with Gasteiger partial charge in [0.1, 0.15) is 5.82 Å². The molecule has 0 aliphatic carbocycles. The van der Waals surface area contributed by atoms with Crippen LogP contribution in [0.1, 0.15) is 18.4 Å². The van der Waals surface area contributed by atoms with Crippen LogP contribution in [-0.4, -0.2) is 27.9 Å². The Morgan fingerprint density at radius 3 is 3.06 bits per heavy atom. The molecule has 94 valence electrons. The second-order valence-electron chi connectivity index (χ2n) is 4.32. The molecular weight excluding hydrogens is 237 g/mol. The molecule has 5 nitrogen and oxygen atoms in total. The van der Waals surface area contributed by atoms with E-state index in [-0.39, 0.29) is 18.0 Å². The first-order valence-corrected chi connectivity index (χ1v) is 5.73. The minimum Gasteiger partial charge on any atom is -0.392 e. The average Bonchev–Trinajstić information content (AvgIpc) is 2.97. The highest BCUT2D eigenvalue weighted by atomic mass is 19.1. The maximum absolute atomic E-state index is 13.1. The molecule has 0 radical (unpaired) electrons. The van der Waals surface area contributed by atoms with Gasteiger partial charge in [0.05, 0.1) is 12.1 Å². The Labute approximate surface area is 103 Å². The summed E-state index contributed by atoms with van der Waals surface area (Å²) >= 11 is 0. The Morgan fingerprint density at radius 1 is 1.44 bits per heavy atom. The van der Waals surface area contributed by atoms with E-state index in [1.165, 1.54) is 12.1 Å². The first-order valence-electron chi connectivity index (χ1n) is 5.73. The molecule has 3 rings (SSSR count). The van der Waals surface area contributed by atoms with Crippen molar-refractivity contribution >= 4 is 0 Å². The average molecular weight is 249 g/mol. The van der Waals surface area contributed by atoms with E-state index in [4.69, 9.17) is 4.52 Å². The summed E-state index contributed by atoms with van der Waals surface area (Å²) < 4.78 is 18.2. The number of aliphatic hydroxyl groups is 1. The summed E-state index contributed by atoms with van der Waals surface area (Å²) in [7, 11) is 0. The minimum absolute atomic E-state index is 0.130. The zero-order valence-electron chi connectivity index (χ0n) is 9.51. The van der Waals surface area contributed by atoms with Gasteiger partial charge in [0.25, 0.3) is 0 Å². The molecule has 0 saturated carbocycles. The molecule has 0 amide bonds. The van der Waals surface area contributed by atoms with Crippen LogP contribution in [0, 0.1) is 5.82 Å². The van der Waals surface area contributed by atoms with Gasteiger partial charge in [-0.2, -0.15) is 4.98 Å². The number of hydrogen-bond acceptors (Lipinski definition) is 5. The van der Waals surface area contributed by atoms with Gasteiger partial charge < -0.3 is 14.9 Å². The molecule has 1 aliphatic rings. The largest absolute Gasteiger partial charge is 0.392 e. The fourth-order valence-electron chi connectivity index (χ4n) is 2.03. The highest BCUT2D eigenvalue weighted by molar-refractivity contribution is 5.53. The Bertz CT molecular complexity index is 558. The molecule has 1 saturated heterocycles. The summed E-state index contributed by atoms with van der Waals surface area (Å²) in [6.45, 7) is 0.516. The van der Waals surface area contributed by atoms with E-state index in [9.17, 15) is 9.50 Å². The third kappa shape index (κ3) is 2.12. The van der Waals surface area contributed by atoms with E-state index in [0.717, 1.165) is 0 Å². The fraction of sp³-hybridized carbons (Fsp3) is 0.333. The Morgan fingerprint density at radius 2 is 2.33 bits per heavy atom. The number of hydrogen-bond donors (Lipinski definition) is 2. The normalized spacial score (nSPS) is 23.4. The SMILES string of the molecule is O[C@H]1CN[C@@H](c2nc(-c3cccc(F)c3)no2)C1. The third-order valence-electron chi connectivity index (χ3n) is 2.93. The summed E-state index contributed by atoms with van der Waals surface area (Å²) in [5.74, 6) is 0.437. The van der Waals surface area contributed by atoms with Crippen molar-refractivity contribution in [3.05, 3.63) is 36.0 Å². The van der Waals surface area contributed by atoms with Crippen molar-refractivity contribution in [3.8, 4) is 11.4 Å². The Hall–Kier alpha value is -1.79. The predicted octanol–water partition coefficient (Wildman–Crippen LogP) is 1.27. The molecule has 2 N–H and O–H groups in total. The number of aliphatic hydroxyl groups excluding tert-OH is 1. The van der Waals surface area contributed by atoms with Crippen LogP contribution in [0.25, 0.3) is 11.4 Å². The molecule has 1 aromatic carbocycles. The van der Waals surface area contributed by atoms with Crippen molar-refractivity contribution < 1.29 is 14.0 Å². The van der Waals surface area contributed by atoms with Crippen molar-refractivity contribution in [1.82, 2.24) is 15.5 Å². The molecule has 2 atom stereocenters. The molecule has 6 heteroatoms. The van der Waals surface area contributed by atoms with Gasteiger partial charge in [-0.1, -0.05) is 17.3 Å². The number of nitrogens with zero attached hydrogens (tertiary/aromatic N) is 2. The maximum atomic E-state index is 13.1. The van der Waals surface area contributed by atoms with Crippen LogP contribution in [0.2, 0.25) is 0 Å². The van der Waals surface area contributed by atoms with Crippen LogP contribution < -0.4 is 5.32 Å². The molecule has 0 bridgehead atoms. The summed E-state index contributed by atoms with van der Waals surface area (Å²) in [5, 5.41) is 16.3. The lowest BCUT2D eigenvalue weighted by Crippen LogP contribution is -2.15. The zero-order chi connectivity index (χ0) is 12.5. The van der Waals surface area contributed by atoms with E-state index >= 15 is 0 Å².